The summed E-state index contributed by atoms with van der Waals surface area (Å²) in [6.07, 6.45) is -5.83. The maximum absolute atomic E-state index is 13.8. The van der Waals surface area contributed by atoms with Gasteiger partial charge in [-0.15, -0.1) is 0 Å². The van der Waals surface area contributed by atoms with E-state index in [1.54, 1.807) is 26.0 Å². The number of ether oxygens (including phenoxy) is 4. The third kappa shape index (κ3) is 7.36. The second-order valence-electron chi connectivity index (χ2n) is 11.1. The van der Waals surface area contributed by atoms with Crippen LogP contribution in [0.1, 0.15) is 57.2 Å². The van der Waals surface area contributed by atoms with Gasteiger partial charge in [-0.25, -0.2) is 4.39 Å². The van der Waals surface area contributed by atoms with Crippen LogP contribution in [0.25, 0.3) is 0 Å². The van der Waals surface area contributed by atoms with Gasteiger partial charge in [0.1, 0.15) is 11.9 Å². The van der Waals surface area contributed by atoms with Gasteiger partial charge < -0.3 is 24.3 Å². The maximum atomic E-state index is 13.8. The zero-order valence-electron chi connectivity index (χ0n) is 22.5. The Labute approximate surface area is 226 Å². The molecule has 1 heterocycles. The van der Waals surface area contributed by atoms with E-state index < -0.39 is 47.3 Å². The minimum Gasteiger partial charge on any atom is -0.371 e. The van der Waals surface area contributed by atoms with Gasteiger partial charge in [-0.2, -0.15) is 13.2 Å². The third-order valence-corrected chi connectivity index (χ3v) is 6.88. The standard InChI is InChI=1S/C29H35F4NO5/c1-18(2)15-34-26(35)28(37-17-20-6-5-7-22(30)12-20)13-23(25-24(14-28)38-27(3,4)39-25)36-16-19-8-10-21(11-9-19)29(31,32)33/h5-12,18,23-25H,13-17H2,1-4H3,(H,34,35)/t23?,24-,25+,28-/m1/s1. The van der Waals surface area contributed by atoms with Gasteiger partial charge in [0, 0.05) is 19.4 Å². The normalized spacial score (nSPS) is 26.4. The first-order chi connectivity index (χ1) is 18.3. The van der Waals surface area contributed by atoms with Crippen LogP contribution in [0, 0.1) is 11.7 Å². The summed E-state index contributed by atoms with van der Waals surface area (Å²) in [5.74, 6) is -1.48. The third-order valence-electron chi connectivity index (χ3n) is 6.88. The largest absolute Gasteiger partial charge is 0.416 e. The average Bonchev–Trinajstić information content (AvgIpc) is 3.18. The molecule has 0 aromatic heterocycles. The number of alkyl halides is 3. The number of carbonyl (C=O) groups is 1. The summed E-state index contributed by atoms with van der Waals surface area (Å²) in [7, 11) is 0. The highest BCUT2D eigenvalue weighted by atomic mass is 19.4. The summed E-state index contributed by atoms with van der Waals surface area (Å²) in [5, 5.41) is 2.96. The number of rotatable bonds is 9. The van der Waals surface area contributed by atoms with Gasteiger partial charge in [0.25, 0.3) is 5.91 Å². The van der Waals surface area contributed by atoms with Crippen LogP contribution in [-0.2, 0) is 43.1 Å². The van der Waals surface area contributed by atoms with E-state index in [-0.39, 0.29) is 37.9 Å². The molecule has 10 heteroatoms. The lowest BCUT2D eigenvalue weighted by Gasteiger charge is -2.43. The zero-order chi connectivity index (χ0) is 28.4. The Kier molecular flexibility index (Phi) is 8.70. The fraction of sp³-hybridized carbons (Fsp3) is 0.552. The molecule has 4 atom stereocenters. The van der Waals surface area contributed by atoms with Gasteiger partial charge in [-0.1, -0.05) is 38.1 Å². The van der Waals surface area contributed by atoms with Crippen molar-refractivity contribution in [3.8, 4) is 0 Å². The average molecular weight is 554 g/mol. The van der Waals surface area contributed by atoms with E-state index in [4.69, 9.17) is 18.9 Å². The lowest BCUT2D eigenvalue weighted by Crippen LogP contribution is -2.60. The molecule has 0 bridgehead atoms. The number of nitrogens with one attached hydrogen (secondary N) is 1. The van der Waals surface area contributed by atoms with E-state index >= 15 is 0 Å². The Balaban J connectivity index is 1.58. The molecule has 2 aromatic carbocycles. The highest BCUT2D eigenvalue weighted by Crippen LogP contribution is 2.44. The minimum atomic E-state index is -4.43. The fourth-order valence-corrected chi connectivity index (χ4v) is 5.01. The quantitative estimate of drug-likeness (QED) is 0.400. The second kappa shape index (κ2) is 11.5. The summed E-state index contributed by atoms with van der Waals surface area (Å²) in [6.45, 7) is 7.91. The first-order valence-corrected chi connectivity index (χ1v) is 13.1. The van der Waals surface area contributed by atoms with Crippen molar-refractivity contribution in [3.63, 3.8) is 0 Å². The monoisotopic (exact) mass is 553 g/mol. The molecule has 0 spiro atoms. The number of amides is 1. The first kappa shape index (κ1) is 29.5. The van der Waals surface area contributed by atoms with Crippen molar-refractivity contribution >= 4 is 5.91 Å². The summed E-state index contributed by atoms with van der Waals surface area (Å²) in [6, 6.07) is 10.7. The smallest absolute Gasteiger partial charge is 0.371 e. The van der Waals surface area contributed by atoms with Crippen molar-refractivity contribution in [2.24, 2.45) is 5.92 Å². The number of hydrogen-bond donors (Lipinski definition) is 1. The van der Waals surface area contributed by atoms with Crippen LogP contribution < -0.4 is 5.32 Å². The molecule has 1 aliphatic heterocycles. The molecule has 2 aromatic rings. The van der Waals surface area contributed by atoms with Crippen molar-refractivity contribution in [1.82, 2.24) is 5.32 Å². The van der Waals surface area contributed by atoms with Crippen LogP contribution in [0.4, 0.5) is 17.6 Å². The number of fused-ring (bicyclic) bond motifs is 1. The van der Waals surface area contributed by atoms with Gasteiger partial charge >= 0.3 is 6.18 Å². The van der Waals surface area contributed by atoms with Crippen molar-refractivity contribution in [3.05, 3.63) is 71.0 Å². The van der Waals surface area contributed by atoms with Gasteiger partial charge in [-0.3, -0.25) is 4.79 Å². The van der Waals surface area contributed by atoms with E-state index in [2.05, 4.69) is 5.32 Å². The topological polar surface area (TPSA) is 66.0 Å². The fourth-order valence-electron chi connectivity index (χ4n) is 5.01. The Morgan fingerprint density at radius 1 is 1.05 bits per heavy atom. The SMILES string of the molecule is CC(C)CNC(=O)[C@@]1(OCc2cccc(F)c2)CC(OCc2ccc(C(F)(F)F)cc2)[C@@H]2OC(C)(C)O[C@@H]2C1. The minimum absolute atomic E-state index is 0.00338. The molecule has 214 valence electrons. The number of benzene rings is 2. The van der Waals surface area contributed by atoms with Gasteiger partial charge in [0.15, 0.2) is 11.4 Å². The molecular weight excluding hydrogens is 518 g/mol. The van der Waals surface area contributed by atoms with Crippen molar-refractivity contribution < 1.29 is 41.3 Å². The lowest BCUT2D eigenvalue weighted by molar-refractivity contribution is -0.183. The molecule has 1 aliphatic carbocycles. The van der Waals surface area contributed by atoms with E-state index in [1.165, 1.54) is 24.3 Å². The van der Waals surface area contributed by atoms with Gasteiger partial charge in [0.2, 0.25) is 0 Å². The van der Waals surface area contributed by atoms with Crippen LogP contribution >= 0.6 is 0 Å². The summed E-state index contributed by atoms with van der Waals surface area (Å²) in [4.78, 5) is 13.6. The Bertz CT molecular complexity index is 1140. The van der Waals surface area contributed by atoms with Crippen molar-refractivity contribution in [2.45, 2.75) is 89.6 Å². The van der Waals surface area contributed by atoms with E-state index in [1.807, 2.05) is 13.8 Å². The second-order valence-corrected chi connectivity index (χ2v) is 11.1. The predicted molar refractivity (Wildman–Crippen MR) is 135 cm³/mol. The van der Waals surface area contributed by atoms with Crippen LogP contribution in [0.2, 0.25) is 0 Å². The van der Waals surface area contributed by atoms with E-state index in [0.717, 1.165) is 12.1 Å². The Hall–Kier alpha value is -2.53. The van der Waals surface area contributed by atoms with Gasteiger partial charge in [0.05, 0.1) is 31.0 Å². The number of halogens is 4. The molecule has 0 radical (unpaired) electrons. The molecule has 2 fully saturated rings. The Morgan fingerprint density at radius 2 is 1.77 bits per heavy atom. The van der Waals surface area contributed by atoms with Crippen LogP contribution in [0.15, 0.2) is 48.5 Å². The molecule has 6 nitrogen and oxygen atoms in total. The molecule has 39 heavy (non-hydrogen) atoms. The van der Waals surface area contributed by atoms with Crippen LogP contribution in [0.3, 0.4) is 0 Å². The molecule has 1 saturated carbocycles. The Morgan fingerprint density at radius 3 is 2.41 bits per heavy atom. The number of carbonyl (C=O) groups excluding carboxylic acids is 1. The molecule has 1 amide bonds. The molecule has 1 saturated heterocycles. The maximum Gasteiger partial charge on any atom is 0.416 e. The molecular formula is C29H35F4NO5. The summed E-state index contributed by atoms with van der Waals surface area (Å²) < 4.78 is 77.5. The summed E-state index contributed by atoms with van der Waals surface area (Å²) >= 11 is 0. The van der Waals surface area contributed by atoms with Crippen molar-refractivity contribution in [1.29, 1.82) is 0 Å². The summed E-state index contributed by atoms with van der Waals surface area (Å²) in [5.41, 5.74) is -1.00. The van der Waals surface area contributed by atoms with Crippen molar-refractivity contribution in [2.75, 3.05) is 6.54 Å². The first-order valence-electron chi connectivity index (χ1n) is 13.1. The van der Waals surface area contributed by atoms with E-state index in [0.29, 0.717) is 17.7 Å². The predicted octanol–water partition coefficient (Wildman–Crippen LogP) is 5.77. The lowest BCUT2D eigenvalue weighted by atomic mass is 9.78. The highest BCUT2D eigenvalue weighted by molar-refractivity contribution is 5.85. The highest BCUT2D eigenvalue weighted by Gasteiger charge is 2.58. The number of hydrogen-bond acceptors (Lipinski definition) is 5. The zero-order valence-corrected chi connectivity index (χ0v) is 22.5. The molecule has 1 unspecified atom stereocenters. The molecule has 4 rings (SSSR count). The van der Waals surface area contributed by atoms with E-state index in [9.17, 15) is 22.4 Å². The van der Waals surface area contributed by atoms with Gasteiger partial charge in [-0.05, 0) is 55.2 Å². The molecule has 1 N–H and O–H groups in total. The van der Waals surface area contributed by atoms with Crippen LogP contribution in [0.5, 0.6) is 0 Å². The van der Waals surface area contributed by atoms with Crippen LogP contribution in [-0.4, -0.2) is 42.2 Å². The molecule has 2 aliphatic rings.